The monoisotopic (exact) mass is 463 g/mol. The second kappa shape index (κ2) is 9.88. The van der Waals surface area contributed by atoms with Crippen LogP contribution in [0.4, 0.5) is 5.69 Å². The van der Waals surface area contributed by atoms with Crippen molar-refractivity contribution < 1.29 is 32.2 Å². The minimum atomic E-state index is -3.96. The summed E-state index contributed by atoms with van der Waals surface area (Å²) >= 11 is 0. The fourth-order valence-corrected chi connectivity index (χ4v) is 5.05. The lowest BCUT2D eigenvalue weighted by atomic mass is 10.1. The molecule has 0 saturated carbocycles. The lowest BCUT2D eigenvalue weighted by Crippen LogP contribution is -2.57. The summed E-state index contributed by atoms with van der Waals surface area (Å²) in [6.45, 7) is 0.223. The van der Waals surface area contributed by atoms with Crippen molar-refractivity contribution in [1.29, 1.82) is 0 Å². The van der Waals surface area contributed by atoms with Crippen LogP contribution < -0.4 is 24.8 Å². The number of hydrogen-bond donors (Lipinski definition) is 2. The molecule has 1 unspecified atom stereocenters. The number of amides is 2. The number of sulfonamides is 1. The number of carbonyl (C=O) groups excluding carboxylic acids is 2. The highest BCUT2D eigenvalue weighted by Crippen LogP contribution is 2.40. The van der Waals surface area contributed by atoms with Crippen LogP contribution in [0.5, 0.6) is 17.2 Å². The molecule has 0 aromatic heterocycles. The van der Waals surface area contributed by atoms with E-state index >= 15 is 0 Å². The number of benzene rings is 2. The molecule has 1 aliphatic heterocycles. The van der Waals surface area contributed by atoms with Crippen LogP contribution in [-0.2, 0) is 19.6 Å². The predicted molar refractivity (Wildman–Crippen MR) is 116 cm³/mol. The average molecular weight is 464 g/mol. The minimum absolute atomic E-state index is 0.0599. The van der Waals surface area contributed by atoms with Crippen molar-refractivity contribution in [1.82, 2.24) is 9.62 Å². The molecule has 0 aliphatic carbocycles. The van der Waals surface area contributed by atoms with Crippen molar-refractivity contribution in [3.8, 4) is 17.2 Å². The maximum atomic E-state index is 13.1. The van der Waals surface area contributed by atoms with Gasteiger partial charge in [-0.05, 0) is 12.1 Å². The fraction of sp³-hybridized carbons (Fsp3) is 0.333. The smallest absolute Gasteiger partial charge is 0.243 e. The summed E-state index contributed by atoms with van der Waals surface area (Å²) in [7, 11) is 0.395. The van der Waals surface area contributed by atoms with Crippen LogP contribution in [0, 0.1) is 0 Å². The molecule has 2 amide bonds. The lowest BCUT2D eigenvalue weighted by Gasteiger charge is -2.33. The largest absolute Gasteiger partial charge is 0.493 e. The summed E-state index contributed by atoms with van der Waals surface area (Å²) in [5, 5.41) is 5.29. The summed E-state index contributed by atoms with van der Waals surface area (Å²) in [5.74, 6) is -0.0400. The number of carbonyl (C=O) groups is 2. The molecule has 32 heavy (non-hydrogen) atoms. The highest BCUT2D eigenvalue weighted by molar-refractivity contribution is 7.89. The van der Waals surface area contributed by atoms with E-state index in [9.17, 15) is 18.0 Å². The van der Waals surface area contributed by atoms with Crippen LogP contribution in [0.25, 0.3) is 0 Å². The van der Waals surface area contributed by atoms with Gasteiger partial charge in [0.15, 0.2) is 11.5 Å². The Labute approximate surface area is 186 Å². The highest BCUT2D eigenvalue weighted by atomic mass is 32.2. The Kier molecular flexibility index (Phi) is 7.21. The Hall–Kier alpha value is -3.31. The molecule has 0 bridgehead atoms. The molecule has 2 N–H and O–H groups in total. The molecule has 10 nitrogen and oxygen atoms in total. The number of piperazine rings is 1. The first-order valence-corrected chi connectivity index (χ1v) is 11.2. The third kappa shape index (κ3) is 4.78. The molecular formula is C21H25N3O7S. The Bertz CT molecular complexity index is 1060. The molecule has 0 radical (unpaired) electrons. The second-order valence-corrected chi connectivity index (χ2v) is 8.79. The second-order valence-electron chi connectivity index (χ2n) is 6.90. The van der Waals surface area contributed by atoms with Gasteiger partial charge in [0.05, 0.1) is 32.6 Å². The van der Waals surface area contributed by atoms with E-state index in [4.69, 9.17) is 14.2 Å². The van der Waals surface area contributed by atoms with E-state index in [1.54, 1.807) is 30.3 Å². The highest BCUT2D eigenvalue weighted by Gasteiger charge is 2.39. The van der Waals surface area contributed by atoms with Crippen molar-refractivity contribution in [2.75, 3.05) is 39.7 Å². The van der Waals surface area contributed by atoms with Gasteiger partial charge in [0.1, 0.15) is 6.04 Å². The maximum Gasteiger partial charge on any atom is 0.243 e. The number of nitrogens with one attached hydrogen (secondary N) is 2. The molecule has 0 spiro atoms. The Morgan fingerprint density at radius 1 is 1.09 bits per heavy atom. The summed E-state index contributed by atoms with van der Waals surface area (Å²) in [5.41, 5.74) is 0.346. The van der Waals surface area contributed by atoms with Crippen molar-refractivity contribution in [2.45, 2.75) is 17.4 Å². The van der Waals surface area contributed by atoms with E-state index in [0.717, 1.165) is 4.31 Å². The number of rotatable bonds is 8. The van der Waals surface area contributed by atoms with E-state index in [1.165, 1.54) is 33.5 Å². The summed E-state index contributed by atoms with van der Waals surface area (Å²) in [6.07, 6.45) is -0.367. The van der Waals surface area contributed by atoms with Crippen LogP contribution in [0.15, 0.2) is 47.4 Å². The third-order valence-electron chi connectivity index (χ3n) is 4.96. The van der Waals surface area contributed by atoms with Gasteiger partial charge < -0.3 is 24.8 Å². The van der Waals surface area contributed by atoms with Crippen molar-refractivity contribution >= 4 is 27.5 Å². The van der Waals surface area contributed by atoms with Gasteiger partial charge in [-0.2, -0.15) is 4.31 Å². The van der Waals surface area contributed by atoms with Gasteiger partial charge in [-0.1, -0.05) is 18.2 Å². The SMILES string of the molecule is COc1cc(NC(=O)CC2C(=O)NCCN2S(=O)(=O)c2ccccc2)cc(OC)c1OC. The van der Waals surface area contributed by atoms with Gasteiger partial charge in [0.2, 0.25) is 27.6 Å². The minimum Gasteiger partial charge on any atom is -0.493 e. The Morgan fingerprint density at radius 3 is 2.28 bits per heavy atom. The maximum absolute atomic E-state index is 13.1. The predicted octanol–water partition coefficient (Wildman–Crippen LogP) is 1.23. The quantitative estimate of drug-likeness (QED) is 0.604. The number of anilines is 1. The fourth-order valence-electron chi connectivity index (χ4n) is 3.44. The topological polar surface area (TPSA) is 123 Å². The number of methoxy groups -OCH3 is 3. The van der Waals surface area contributed by atoms with Gasteiger partial charge in [-0.25, -0.2) is 8.42 Å². The summed E-state index contributed by atoms with van der Waals surface area (Å²) < 4.78 is 43.0. The number of ether oxygens (including phenoxy) is 3. The number of nitrogens with zero attached hydrogens (tertiary/aromatic N) is 1. The molecule has 2 aromatic rings. The first-order valence-electron chi connectivity index (χ1n) is 9.76. The molecule has 1 atom stereocenters. The summed E-state index contributed by atoms with van der Waals surface area (Å²) in [4.78, 5) is 25.3. The van der Waals surface area contributed by atoms with Crippen LogP contribution in [0.2, 0.25) is 0 Å². The summed E-state index contributed by atoms with van der Waals surface area (Å²) in [6, 6.07) is 9.70. The molecule has 172 valence electrons. The van der Waals surface area contributed by atoms with Gasteiger partial charge in [-0.15, -0.1) is 0 Å². The molecule has 1 saturated heterocycles. The van der Waals surface area contributed by atoms with Crippen LogP contribution in [0.3, 0.4) is 0 Å². The number of hydrogen-bond acceptors (Lipinski definition) is 7. The standard InChI is InChI=1S/C21H25N3O7S/c1-29-17-11-14(12-18(30-2)20(17)31-3)23-19(25)13-16-21(26)22-9-10-24(16)32(27,28)15-7-5-4-6-8-15/h4-8,11-12,16H,9-10,13H2,1-3H3,(H,22,26)(H,23,25). The first-order chi connectivity index (χ1) is 15.3. The first kappa shape index (κ1) is 23.4. The average Bonchev–Trinajstić information content (AvgIpc) is 2.80. The van der Waals surface area contributed by atoms with Crippen LogP contribution in [-0.4, -0.2) is 65.0 Å². The molecule has 1 aliphatic rings. The third-order valence-corrected chi connectivity index (χ3v) is 6.88. The lowest BCUT2D eigenvalue weighted by molar-refractivity contribution is -0.130. The van der Waals surface area contributed by atoms with E-state index < -0.39 is 27.9 Å². The zero-order chi connectivity index (χ0) is 23.3. The zero-order valence-electron chi connectivity index (χ0n) is 18.0. The van der Waals surface area contributed by atoms with Gasteiger partial charge in [-0.3, -0.25) is 9.59 Å². The van der Waals surface area contributed by atoms with Crippen molar-refractivity contribution in [3.63, 3.8) is 0 Å². The van der Waals surface area contributed by atoms with Gasteiger partial charge in [0.25, 0.3) is 0 Å². The normalized spacial score (nSPS) is 16.7. The Morgan fingerprint density at radius 2 is 1.72 bits per heavy atom. The van der Waals surface area contributed by atoms with E-state index in [1.807, 2.05) is 0 Å². The van der Waals surface area contributed by atoms with Gasteiger partial charge >= 0.3 is 0 Å². The van der Waals surface area contributed by atoms with Crippen LogP contribution >= 0.6 is 0 Å². The molecular weight excluding hydrogens is 438 g/mol. The molecule has 1 heterocycles. The molecule has 2 aromatic carbocycles. The molecule has 11 heteroatoms. The van der Waals surface area contributed by atoms with Gasteiger partial charge in [0, 0.05) is 30.9 Å². The zero-order valence-corrected chi connectivity index (χ0v) is 18.8. The van der Waals surface area contributed by atoms with E-state index in [0.29, 0.717) is 22.9 Å². The molecule has 3 rings (SSSR count). The van der Waals surface area contributed by atoms with Crippen LogP contribution in [0.1, 0.15) is 6.42 Å². The van der Waals surface area contributed by atoms with E-state index in [-0.39, 0.29) is 24.4 Å². The Balaban J connectivity index is 1.83. The van der Waals surface area contributed by atoms with E-state index in [2.05, 4.69) is 10.6 Å². The molecule has 1 fully saturated rings. The van der Waals surface area contributed by atoms with Crippen molar-refractivity contribution in [2.24, 2.45) is 0 Å². The van der Waals surface area contributed by atoms with Crippen molar-refractivity contribution in [3.05, 3.63) is 42.5 Å².